The van der Waals surface area contributed by atoms with Crippen LogP contribution in [-0.2, 0) is 16.4 Å². The van der Waals surface area contributed by atoms with Crippen molar-refractivity contribution in [2.75, 3.05) is 13.1 Å². The van der Waals surface area contributed by atoms with Crippen molar-refractivity contribution >= 4 is 52.5 Å². The zero-order valence-corrected chi connectivity index (χ0v) is 26.5. The van der Waals surface area contributed by atoms with E-state index in [1.165, 1.54) is 41.9 Å². The van der Waals surface area contributed by atoms with Gasteiger partial charge in [0.15, 0.2) is 0 Å². The SMILES string of the molecule is CC(C)Sc1cc(-c2ccc(CCNC[C@@H](O)c3ccccc3)cc2)ccc1C(=O)NS(=O)(=O)c1cccnc1.Cl.Cl. The molecule has 1 aromatic heterocycles. The van der Waals surface area contributed by atoms with Crippen molar-refractivity contribution < 1.29 is 18.3 Å². The van der Waals surface area contributed by atoms with Gasteiger partial charge < -0.3 is 10.4 Å². The molecule has 224 valence electrons. The van der Waals surface area contributed by atoms with Crippen LogP contribution in [0.4, 0.5) is 0 Å². The molecule has 3 N–H and O–H groups in total. The van der Waals surface area contributed by atoms with Crippen molar-refractivity contribution in [3.8, 4) is 11.1 Å². The van der Waals surface area contributed by atoms with Gasteiger partial charge in [-0.2, -0.15) is 0 Å². The number of hydrogen-bond acceptors (Lipinski definition) is 7. The predicted molar refractivity (Wildman–Crippen MR) is 174 cm³/mol. The molecule has 4 rings (SSSR count). The third-order valence-electron chi connectivity index (χ3n) is 6.16. The van der Waals surface area contributed by atoms with Crippen molar-refractivity contribution in [1.82, 2.24) is 15.0 Å². The predicted octanol–water partition coefficient (Wildman–Crippen LogP) is 6.08. The molecule has 0 aliphatic heterocycles. The maximum Gasteiger partial charge on any atom is 0.266 e. The highest BCUT2D eigenvalue weighted by Gasteiger charge is 2.22. The number of aromatic nitrogens is 1. The Labute approximate surface area is 264 Å². The summed E-state index contributed by atoms with van der Waals surface area (Å²) in [6, 6.07) is 26.2. The molecule has 42 heavy (non-hydrogen) atoms. The molecule has 0 saturated carbocycles. The van der Waals surface area contributed by atoms with E-state index in [4.69, 9.17) is 0 Å². The average Bonchev–Trinajstić information content (AvgIpc) is 2.96. The van der Waals surface area contributed by atoms with E-state index in [-0.39, 0.29) is 35.0 Å². The molecule has 11 heteroatoms. The highest BCUT2D eigenvalue weighted by atomic mass is 35.5. The van der Waals surface area contributed by atoms with Crippen molar-refractivity contribution in [2.24, 2.45) is 0 Å². The Morgan fingerprint density at radius 3 is 2.26 bits per heavy atom. The Kier molecular flexibility index (Phi) is 14.0. The minimum absolute atomic E-state index is 0. The van der Waals surface area contributed by atoms with Crippen molar-refractivity contribution in [2.45, 2.75) is 41.4 Å². The maximum atomic E-state index is 13.0. The highest BCUT2D eigenvalue weighted by molar-refractivity contribution is 8.00. The lowest BCUT2D eigenvalue weighted by Crippen LogP contribution is -2.31. The number of sulfonamides is 1. The summed E-state index contributed by atoms with van der Waals surface area (Å²) in [5.41, 5.74) is 4.30. The number of hydrogen-bond donors (Lipinski definition) is 3. The number of amides is 1. The third-order valence-corrected chi connectivity index (χ3v) is 8.54. The molecule has 0 saturated heterocycles. The van der Waals surface area contributed by atoms with E-state index in [1.54, 1.807) is 6.07 Å². The molecule has 4 aromatic rings. The molecule has 0 fully saturated rings. The molecule has 7 nitrogen and oxygen atoms in total. The minimum Gasteiger partial charge on any atom is -0.387 e. The van der Waals surface area contributed by atoms with E-state index in [9.17, 15) is 18.3 Å². The summed E-state index contributed by atoms with van der Waals surface area (Å²) in [7, 11) is -4.04. The second-order valence-corrected chi connectivity index (χ2v) is 12.9. The van der Waals surface area contributed by atoms with Crippen molar-refractivity contribution in [3.63, 3.8) is 0 Å². The van der Waals surface area contributed by atoms with E-state index in [1.807, 2.05) is 68.4 Å². The Bertz CT molecular complexity index is 1520. The van der Waals surface area contributed by atoms with Crippen LogP contribution in [0, 0.1) is 0 Å². The van der Waals surface area contributed by atoms with Gasteiger partial charge in [-0.15, -0.1) is 36.6 Å². The number of nitrogens with zero attached hydrogens (tertiary/aromatic N) is 1. The third kappa shape index (κ3) is 9.83. The Morgan fingerprint density at radius 1 is 0.929 bits per heavy atom. The zero-order chi connectivity index (χ0) is 28.5. The van der Waals surface area contributed by atoms with Gasteiger partial charge in [0.05, 0.1) is 11.7 Å². The van der Waals surface area contributed by atoms with Crippen molar-refractivity contribution in [3.05, 3.63) is 114 Å². The first-order valence-electron chi connectivity index (χ1n) is 13.0. The molecule has 0 aliphatic rings. The number of benzene rings is 3. The van der Waals surface area contributed by atoms with E-state index < -0.39 is 22.0 Å². The molecular weight excluding hydrogens is 613 g/mol. The van der Waals surface area contributed by atoms with Crippen LogP contribution in [0.25, 0.3) is 11.1 Å². The van der Waals surface area contributed by atoms with Gasteiger partial charge in [-0.3, -0.25) is 9.78 Å². The van der Waals surface area contributed by atoms with Crippen LogP contribution in [0.2, 0.25) is 0 Å². The van der Waals surface area contributed by atoms with Gasteiger partial charge >= 0.3 is 0 Å². The number of thioether (sulfide) groups is 1. The number of halogens is 2. The molecule has 1 amide bonds. The van der Waals surface area contributed by atoms with Crippen LogP contribution in [0.5, 0.6) is 0 Å². The summed E-state index contributed by atoms with van der Waals surface area (Å²) < 4.78 is 27.5. The number of nitrogens with one attached hydrogen (secondary N) is 2. The molecule has 1 heterocycles. The van der Waals surface area contributed by atoms with Crippen LogP contribution in [0.15, 0.2) is 107 Å². The van der Waals surface area contributed by atoms with Gasteiger partial charge in [-0.1, -0.05) is 74.5 Å². The zero-order valence-electron chi connectivity index (χ0n) is 23.3. The molecule has 0 spiro atoms. The van der Waals surface area contributed by atoms with Gasteiger partial charge in [0.25, 0.3) is 15.9 Å². The van der Waals surface area contributed by atoms with E-state index in [0.29, 0.717) is 17.0 Å². The second kappa shape index (κ2) is 16.6. The van der Waals surface area contributed by atoms with Crippen LogP contribution >= 0.6 is 36.6 Å². The van der Waals surface area contributed by atoms with Crippen LogP contribution in [0.1, 0.15) is 41.4 Å². The lowest BCUT2D eigenvalue weighted by Gasteiger charge is -2.14. The summed E-state index contributed by atoms with van der Waals surface area (Å²) in [4.78, 5) is 17.5. The fourth-order valence-electron chi connectivity index (χ4n) is 4.11. The molecule has 0 aliphatic carbocycles. The Hall–Kier alpha value is -2.92. The first-order chi connectivity index (χ1) is 19.2. The minimum atomic E-state index is -4.04. The summed E-state index contributed by atoms with van der Waals surface area (Å²) >= 11 is 1.50. The fraction of sp³-hybridized carbons (Fsp3) is 0.226. The fourth-order valence-corrected chi connectivity index (χ4v) is 6.03. The number of carbonyl (C=O) groups excluding carboxylic acids is 1. The summed E-state index contributed by atoms with van der Waals surface area (Å²) in [5, 5.41) is 13.8. The monoisotopic (exact) mass is 647 g/mol. The molecular formula is C31H35Cl2N3O4S2. The molecule has 0 radical (unpaired) electrons. The van der Waals surface area contributed by atoms with Gasteiger partial charge in [-0.25, -0.2) is 13.1 Å². The molecule has 0 bridgehead atoms. The van der Waals surface area contributed by atoms with Gasteiger partial charge in [0, 0.05) is 29.1 Å². The summed E-state index contributed by atoms with van der Waals surface area (Å²) in [6.07, 6.45) is 2.96. The lowest BCUT2D eigenvalue weighted by atomic mass is 10.0. The molecule has 0 unspecified atom stereocenters. The molecule has 1 atom stereocenters. The van der Waals surface area contributed by atoms with Gasteiger partial charge in [0.1, 0.15) is 4.90 Å². The highest BCUT2D eigenvalue weighted by Crippen LogP contribution is 2.32. The quantitative estimate of drug-likeness (QED) is 0.126. The number of pyridine rings is 1. The largest absolute Gasteiger partial charge is 0.387 e. The summed E-state index contributed by atoms with van der Waals surface area (Å²) in [6.45, 7) is 5.27. The number of aliphatic hydroxyl groups excluding tert-OH is 1. The van der Waals surface area contributed by atoms with Crippen LogP contribution in [0.3, 0.4) is 0 Å². The van der Waals surface area contributed by atoms with E-state index in [2.05, 4.69) is 27.2 Å². The summed E-state index contributed by atoms with van der Waals surface area (Å²) in [5.74, 6) is -0.682. The number of rotatable bonds is 12. The second-order valence-electron chi connectivity index (χ2n) is 9.58. The van der Waals surface area contributed by atoms with Crippen molar-refractivity contribution in [1.29, 1.82) is 0 Å². The first-order valence-corrected chi connectivity index (χ1v) is 15.4. The number of aliphatic hydroxyl groups is 1. The smallest absolute Gasteiger partial charge is 0.266 e. The Balaban J connectivity index is 0.00000308. The standard InChI is InChI=1S/C31H33N3O4S2.2ClH/c1-22(2)39-30-19-26(14-15-28(30)31(36)34-40(37,38)27-9-6-17-32-20-27)24-12-10-23(11-13-24)16-18-33-21-29(35)25-7-4-3-5-8-25;;/h3-15,17,19-20,22,29,33,35H,16,18,21H2,1-2H3,(H,34,36);2*1H/t29-;;/m1../s1. The first kappa shape index (κ1) is 35.3. The van der Waals surface area contributed by atoms with E-state index >= 15 is 0 Å². The van der Waals surface area contributed by atoms with Crippen LogP contribution in [-0.4, -0.2) is 42.8 Å². The topological polar surface area (TPSA) is 108 Å². The van der Waals surface area contributed by atoms with E-state index in [0.717, 1.165) is 29.7 Å². The van der Waals surface area contributed by atoms with Gasteiger partial charge in [0.2, 0.25) is 0 Å². The van der Waals surface area contributed by atoms with Gasteiger partial charge in [-0.05, 0) is 59.5 Å². The Morgan fingerprint density at radius 2 is 1.62 bits per heavy atom. The average molecular weight is 649 g/mol. The maximum absolute atomic E-state index is 13.0. The van der Waals surface area contributed by atoms with Crippen LogP contribution < -0.4 is 10.0 Å². The normalized spacial score (nSPS) is 11.7. The lowest BCUT2D eigenvalue weighted by molar-refractivity contribution is 0.0978. The molecule has 3 aromatic carbocycles. The number of carbonyl (C=O) groups is 1.